The lowest BCUT2D eigenvalue weighted by atomic mass is 10.6. The molecule has 0 aromatic rings. The van der Waals surface area contributed by atoms with Crippen molar-refractivity contribution in [2.75, 3.05) is 24.7 Å². The molecule has 0 aromatic carbocycles. The van der Waals surface area contributed by atoms with E-state index in [0.29, 0.717) is 12.4 Å². The fraction of sp³-hybridized carbons (Fsp3) is 0.889. The molecule has 4 heteroatoms. The summed E-state index contributed by atoms with van der Waals surface area (Å²) < 4.78 is 4.80. The van der Waals surface area contributed by atoms with Crippen LogP contribution in [0.3, 0.4) is 0 Å². The van der Waals surface area contributed by atoms with E-state index in [2.05, 4.69) is 5.32 Å². The van der Waals surface area contributed by atoms with E-state index in [-0.39, 0.29) is 5.97 Å². The first kappa shape index (κ1) is 10.9. The second kappa shape index (κ2) is 6.27. The van der Waals surface area contributed by atoms with Gasteiger partial charge in [-0.15, -0.1) is 11.8 Å². The zero-order valence-corrected chi connectivity index (χ0v) is 8.86. The van der Waals surface area contributed by atoms with Crippen LogP contribution in [0.1, 0.15) is 19.8 Å². The molecule has 1 aliphatic rings. The molecule has 1 rings (SSSR count). The van der Waals surface area contributed by atoms with Gasteiger partial charge in [-0.2, -0.15) is 0 Å². The van der Waals surface area contributed by atoms with Crippen molar-refractivity contribution >= 4 is 17.7 Å². The molecule has 0 spiro atoms. The Morgan fingerprint density at radius 2 is 2.38 bits per heavy atom. The van der Waals surface area contributed by atoms with E-state index in [4.69, 9.17) is 4.74 Å². The summed E-state index contributed by atoms with van der Waals surface area (Å²) in [6, 6.07) is 0.767. The number of thioether (sulfide) groups is 1. The van der Waals surface area contributed by atoms with Crippen LogP contribution in [0.2, 0.25) is 0 Å². The Labute approximate surface area is 83.6 Å². The Hall–Kier alpha value is -0.220. The quantitative estimate of drug-likeness (QED) is 0.495. The maximum atomic E-state index is 10.9. The first-order valence-electron chi connectivity index (χ1n) is 4.79. The Bertz CT molecular complexity index is 160. The molecule has 1 fully saturated rings. The fourth-order valence-electron chi connectivity index (χ4n) is 0.981. The standard InChI is InChI=1S/C9H17NO2S/c1-2-12-9(11)7-13-6-5-10-8-3-4-8/h8,10H,2-7H2,1H3. The summed E-state index contributed by atoms with van der Waals surface area (Å²) in [6.45, 7) is 3.33. The monoisotopic (exact) mass is 203 g/mol. The van der Waals surface area contributed by atoms with Gasteiger partial charge in [-0.1, -0.05) is 0 Å². The predicted octanol–water partition coefficient (Wildman–Crippen LogP) is 1.03. The van der Waals surface area contributed by atoms with E-state index in [9.17, 15) is 4.79 Å². The van der Waals surface area contributed by atoms with Crippen molar-refractivity contribution in [2.45, 2.75) is 25.8 Å². The van der Waals surface area contributed by atoms with Gasteiger partial charge in [-0.25, -0.2) is 0 Å². The molecule has 0 aromatic heterocycles. The van der Waals surface area contributed by atoms with Crippen LogP contribution in [0.5, 0.6) is 0 Å². The van der Waals surface area contributed by atoms with Gasteiger partial charge in [0, 0.05) is 18.3 Å². The minimum absolute atomic E-state index is 0.0982. The van der Waals surface area contributed by atoms with Gasteiger partial charge < -0.3 is 10.1 Å². The van der Waals surface area contributed by atoms with Gasteiger partial charge in [0.15, 0.2) is 0 Å². The van der Waals surface area contributed by atoms with E-state index in [0.717, 1.165) is 18.3 Å². The lowest BCUT2D eigenvalue weighted by Gasteiger charge is -2.02. The van der Waals surface area contributed by atoms with Gasteiger partial charge in [0.2, 0.25) is 0 Å². The molecule has 1 N–H and O–H groups in total. The van der Waals surface area contributed by atoms with Crippen molar-refractivity contribution in [3.63, 3.8) is 0 Å². The third kappa shape index (κ3) is 5.93. The lowest BCUT2D eigenvalue weighted by molar-refractivity contribution is -0.139. The second-order valence-corrected chi connectivity index (χ2v) is 4.19. The van der Waals surface area contributed by atoms with Crippen molar-refractivity contribution in [1.82, 2.24) is 5.32 Å². The highest BCUT2D eigenvalue weighted by molar-refractivity contribution is 7.99. The number of nitrogens with one attached hydrogen (secondary N) is 1. The van der Waals surface area contributed by atoms with Crippen LogP contribution in [0.25, 0.3) is 0 Å². The molecule has 0 bridgehead atoms. The molecule has 0 radical (unpaired) electrons. The van der Waals surface area contributed by atoms with E-state index in [1.807, 2.05) is 6.92 Å². The molecule has 0 amide bonds. The molecule has 13 heavy (non-hydrogen) atoms. The smallest absolute Gasteiger partial charge is 0.315 e. The van der Waals surface area contributed by atoms with Crippen LogP contribution in [0, 0.1) is 0 Å². The summed E-state index contributed by atoms with van der Waals surface area (Å²) in [5.41, 5.74) is 0. The first-order valence-corrected chi connectivity index (χ1v) is 5.95. The van der Waals surface area contributed by atoms with Crippen molar-refractivity contribution in [2.24, 2.45) is 0 Å². The molecule has 0 heterocycles. The van der Waals surface area contributed by atoms with Gasteiger partial charge in [-0.3, -0.25) is 4.79 Å². The third-order valence-electron chi connectivity index (χ3n) is 1.78. The maximum absolute atomic E-state index is 10.9. The van der Waals surface area contributed by atoms with Crippen molar-refractivity contribution in [1.29, 1.82) is 0 Å². The normalized spacial score (nSPS) is 15.8. The molecular weight excluding hydrogens is 186 g/mol. The molecule has 0 aliphatic heterocycles. The van der Waals surface area contributed by atoms with Crippen molar-refractivity contribution in [3.05, 3.63) is 0 Å². The summed E-state index contributed by atoms with van der Waals surface area (Å²) in [4.78, 5) is 10.9. The molecule has 1 aliphatic carbocycles. The molecule has 1 saturated carbocycles. The Morgan fingerprint density at radius 3 is 3.00 bits per heavy atom. The topological polar surface area (TPSA) is 38.3 Å². The van der Waals surface area contributed by atoms with E-state index in [1.165, 1.54) is 12.8 Å². The number of hydrogen-bond donors (Lipinski definition) is 1. The highest BCUT2D eigenvalue weighted by Gasteiger charge is 2.19. The molecule has 0 saturated heterocycles. The van der Waals surface area contributed by atoms with Crippen molar-refractivity contribution in [3.8, 4) is 0 Å². The Morgan fingerprint density at radius 1 is 1.62 bits per heavy atom. The molecule has 0 atom stereocenters. The number of carbonyl (C=O) groups excluding carboxylic acids is 1. The Balaban J connectivity index is 1.79. The van der Waals surface area contributed by atoms with Gasteiger partial charge in [0.05, 0.1) is 12.4 Å². The Kier molecular flexibility index (Phi) is 5.23. The number of carbonyl (C=O) groups is 1. The molecule has 76 valence electrons. The summed E-state index contributed by atoms with van der Waals surface area (Å²) in [7, 11) is 0. The van der Waals surface area contributed by atoms with Crippen LogP contribution < -0.4 is 5.32 Å². The van der Waals surface area contributed by atoms with Crippen molar-refractivity contribution < 1.29 is 9.53 Å². The summed E-state index contributed by atoms with van der Waals surface area (Å²) in [5.74, 6) is 1.38. The minimum Gasteiger partial charge on any atom is -0.465 e. The number of esters is 1. The van der Waals surface area contributed by atoms with E-state index < -0.39 is 0 Å². The number of rotatable bonds is 7. The SMILES string of the molecule is CCOC(=O)CSCCNC1CC1. The molecule has 0 unspecified atom stereocenters. The number of ether oxygens (including phenoxy) is 1. The summed E-state index contributed by atoms with van der Waals surface area (Å²) in [5, 5.41) is 3.39. The first-order chi connectivity index (χ1) is 6.33. The van der Waals surface area contributed by atoms with E-state index >= 15 is 0 Å². The average molecular weight is 203 g/mol. The zero-order valence-electron chi connectivity index (χ0n) is 8.04. The molecular formula is C9H17NO2S. The number of hydrogen-bond acceptors (Lipinski definition) is 4. The highest BCUT2D eigenvalue weighted by atomic mass is 32.2. The lowest BCUT2D eigenvalue weighted by Crippen LogP contribution is -2.20. The van der Waals surface area contributed by atoms with Crippen LogP contribution >= 0.6 is 11.8 Å². The van der Waals surface area contributed by atoms with Crippen LogP contribution in [-0.4, -0.2) is 36.7 Å². The van der Waals surface area contributed by atoms with Crippen LogP contribution in [0.4, 0.5) is 0 Å². The minimum atomic E-state index is -0.0982. The van der Waals surface area contributed by atoms with Gasteiger partial charge in [-0.05, 0) is 19.8 Å². The van der Waals surface area contributed by atoms with Gasteiger partial charge >= 0.3 is 5.97 Å². The maximum Gasteiger partial charge on any atom is 0.315 e. The summed E-state index contributed by atoms with van der Waals surface area (Å²) in [6.07, 6.45) is 2.64. The summed E-state index contributed by atoms with van der Waals surface area (Å²) >= 11 is 1.63. The molecule has 3 nitrogen and oxygen atoms in total. The average Bonchev–Trinajstić information content (AvgIpc) is 2.88. The fourth-order valence-corrected chi connectivity index (χ4v) is 1.64. The largest absolute Gasteiger partial charge is 0.465 e. The van der Waals surface area contributed by atoms with Crippen LogP contribution in [0.15, 0.2) is 0 Å². The van der Waals surface area contributed by atoms with Gasteiger partial charge in [0.25, 0.3) is 0 Å². The third-order valence-corrected chi connectivity index (χ3v) is 2.71. The van der Waals surface area contributed by atoms with Crippen LogP contribution in [-0.2, 0) is 9.53 Å². The van der Waals surface area contributed by atoms with E-state index in [1.54, 1.807) is 11.8 Å². The highest BCUT2D eigenvalue weighted by Crippen LogP contribution is 2.18. The predicted molar refractivity (Wildman–Crippen MR) is 55.0 cm³/mol. The second-order valence-electron chi connectivity index (χ2n) is 3.09. The zero-order chi connectivity index (χ0) is 9.52. The van der Waals surface area contributed by atoms with Gasteiger partial charge in [0.1, 0.15) is 0 Å².